The maximum atomic E-state index is 14.0. The SMILES string of the molecule is C=CCNC(=O)C(=O)C(CC)NC(=O)[C@@H]1CCCN1C(=O)C(NC(=O)NC(C(=O)c1ccccn1)C1CCCCC1)C(C)(C)C. The van der Waals surface area contributed by atoms with Gasteiger partial charge in [0.2, 0.25) is 23.4 Å². The number of rotatable bonds is 13. The summed E-state index contributed by atoms with van der Waals surface area (Å²) in [6.07, 6.45) is 8.71. The molecule has 1 aliphatic carbocycles. The van der Waals surface area contributed by atoms with Crippen LogP contribution in [0.15, 0.2) is 37.1 Å². The monoisotopic (exact) mass is 624 g/mol. The molecular weight excluding hydrogens is 576 g/mol. The highest BCUT2D eigenvalue weighted by Gasteiger charge is 2.43. The van der Waals surface area contributed by atoms with E-state index in [2.05, 4.69) is 32.8 Å². The molecular formula is C33H48N6O6. The van der Waals surface area contributed by atoms with Crippen molar-refractivity contribution in [3.8, 4) is 0 Å². The van der Waals surface area contributed by atoms with Crippen molar-refractivity contribution in [2.75, 3.05) is 13.1 Å². The molecule has 1 aromatic heterocycles. The van der Waals surface area contributed by atoms with Gasteiger partial charge < -0.3 is 26.2 Å². The fourth-order valence-electron chi connectivity index (χ4n) is 6.00. The van der Waals surface area contributed by atoms with Gasteiger partial charge in [-0.1, -0.05) is 59.1 Å². The third-order valence-electron chi connectivity index (χ3n) is 8.51. The summed E-state index contributed by atoms with van der Waals surface area (Å²) in [7, 11) is 0. The average Bonchev–Trinajstić information content (AvgIpc) is 3.53. The molecule has 2 heterocycles. The van der Waals surface area contributed by atoms with E-state index in [-0.39, 0.29) is 30.4 Å². The molecule has 4 N–H and O–H groups in total. The van der Waals surface area contributed by atoms with Crippen LogP contribution < -0.4 is 21.3 Å². The van der Waals surface area contributed by atoms with E-state index in [9.17, 15) is 28.8 Å². The topological polar surface area (TPSA) is 167 Å². The molecule has 1 aromatic rings. The number of pyridine rings is 1. The van der Waals surface area contributed by atoms with Crippen molar-refractivity contribution < 1.29 is 28.8 Å². The number of amides is 5. The minimum absolute atomic E-state index is 0.0532. The number of hydrogen-bond acceptors (Lipinski definition) is 7. The van der Waals surface area contributed by atoms with Crippen molar-refractivity contribution in [3.63, 3.8) is 0 Å². The summed E-state index contributed by atoms with van der Waals surface area (Å²) in [5, 5.41) is 10.8. The Morgan fingerprint density at radius 3 is 2.31 bits per heavy atom. The summed E-state index contributed by atoms with van der Waals surface area (Å²) in [5.74, 6) is -2.90. The molecule has 246 valence electrons. The van der Waals surface area contributed by atoms with E-state index in [4.69, 9.17) is 0 Å². The predicted octanol–water partition coefficient (Wildman–Crippen LogP) is 2.68. The summed E-state index contributed by atoms with van der Waals surface area (Å²) in [6, 6.07) is 0.698. The molecule has 0 radical (unpaired) electrons. The first kappa shape index (κ1) is 35.4. The molecule has 12 nitrogen and oxygen atoms in total. The van der Waals surface area contributed by atoms with E-state index >= 15 is 0 Å². The first-order chi connectivity index (χ1) is 21.4. The molecule has 5 amide bonds. The number of carbonyl (C=O) groups is 6. The normalized spacial score (nSPS) is 19.0. The summed E-state index contributed by atoms with van der Waals surface area (Å²) in [4.78, 5) is 84.8. The van der Waals surface area contributed by atoms with Gasteiger partial charge in [0.05, 0.1) is 12.1 Å². The zero-order chi connectivity index (χ0) is 33.1. The maximum absolute atomic E-state index is 14.0. The number of hydrogen-bond donors (Lipinski definition) is 4. The molecule has 12 heteroatoms. The van der Waals surface area contributed by atoms with Crippen molar-refractivity contribution in [2.45, 2.75) is 103 Å². The van der Waals surface area contributed by atoms with Gasteiger partial charge in [0.25, 0.3) is 5.91 Å². The van der Waals surface area contributed by atoms with Crippen LogP contribution in [0.4, 0.5) is 4.79 Å². The van der Waals surface area contributed by atoms with E-state index in [1.165, 1.54) is 11.0 Å². The first-order valence-electron chi connectivity index (χ1n) is 15.9. The Morgan fingerprint density at radius 1 is 1.00 bits per heavy atom. The van der Waals surface area contributed by atoms with Crippen molar-refractivity contribution in [2.24, 2.45) is 11.3 Å². The minimum atomic E-state index is -1.05. The Balaban J connectivity index is 1.74. The molecule has 3 rings (SSSR count). The van der Waals surface area contributed by atoms with Crippen LogP contribution in [0.3, 0.4) is 0 Å². The molecule has 0 aromatic carbocycles. The third kappa shape index (κ3) is 9.45. The largest absolute Gasteiger partial charge is 0.346 e. The van der Waals surface area contributed by atoms with E-state index in [0.29, 0.717) is 19.4 Å². The second-order valence-electron chi connectivity index (χ2n) is 12.9. The molecule has 1 saturated carbocycles. The van der Waals surface area contributed by atoms with Crippen molar-refractivity contribution >= 4 is 35.3 Å². The lowest BCUT2D eigenvalue weighted by atomic mass is 9.81. The highest BCUT2D eigenvalue weighted by molar-refractivity contribution is 6.38. The number of urea groups is 1. The van der Waals surface area contributed by atoms with Crippen LogP contribution >= 0.6 is 0 Å². The Hall–Kier alpha value is -4.09. The highest BCUT2D eigenvalue weighted by Crippen LogP contribution is 2.29. The van der Waals surface area contributed by atoms with Crippen LogP contribution in [0.2, 0.25) is 0 Å². The number of ketones is 2. The number of aromatic nitrogens is 1. The zero-order valence-electron chi connectivity index (χ0n) is 26.9. The lowest BCUT2D eigenvalue weighted by Crippen LogP contribution is -2.61. The smallest absolute Gasteiger partial charge is 0.316 e. The van der Waals surface area contributed by atoms with Gasteiger partial charge in [-0.05, 0) is 55.6 Å². The number of nitrogens with one attached hydrogen (secondary N) is 4. The van der Waals surface area contributed by atoms with Gasteiger partial charge in [-0.15, -0.1) is 6.58 Å². The predicted molar refractivity (Wildman–Crippen MR) is 169 cm³/mol. The fraction of sp³-hybridized carbons (Fsp3) is 0.606. The summed E-state index contributed by atoms with van der Waals surface area (Å²) in [5.41, 5.74) is -0.473. The molecule has 0 bridgehead atoms. The van der Waals surface area contributed by atoms with Gasteiger partial charge in [-0.3, -0.25) is 29.0 Å². The van der Waals surface area contributed by atoms with Crippen LogP contribution in [0.25, 0.3) is 0 Å². The number of carbonyl (C=O) groups excluding carboxylic acids is 6. The van der Waals surface area contributed by atoms with Crippen molar-refractivity contribution in [1.82, 2.24) is 31.2 Å². The minimum Gasteiger partial charge on any atom is -0.346 e. The second-order valence-corrected chi connectivity index (χ2v) is 12.9. The van der Waals surface area contributed by atoms with Gasteiger partial charge in [-0.25, -0.2) is 4.79 Å². The number of likely N-dealkylation sites (tertiary alicyclic amines) is 1. The zero-order valence-corrected chi connectivity index (χ0v) is 26.9. The van der Waals surface area contributed by atoms with Gasteiger partial charge in [-0.2, -0.15) is 0 Å². The highest BCUT2D eigenvalue weighted by atomic mass is 16.2. The summed E-state index contributed by atoms with van der Waals surface area (Å²) in [6.45, 7) is 11.0. The van der Waals surface area contributed by atoms with Gasteiger partial charge in [0, 0.05) is 19.3 Å². The number of nitrogens with zero attached hydrogens (tertiary/aromatic N) is 2. The van der Waals surface area contributed by atoms with Crippen LogP contribution in [-0.4, -0.2) is 82.5 Å². The van der Waals surface area contributed by atoms with E-state index in [0.717, 1.165) is 32.1 Å². The molecule has 45 heavy (non-hydrogen) atoms. The molecule has 0 spiro atoms. The van der Waals surface area contributed by atoms with Gasteiger partial charge in [0.15, 0.2) is 0 Å². The maximum Gasteiger partial charge on any atom is 0.316 e. The third-order valence-corrected chi connectivity index (χ3v) is 8.51. The Bertz CT molecular complexity index is 1240. The second kappa shape index (κ2) is 16.3. The molecule has 2 fully saturated rings. The Morgan fingerprint density at radius 2 is 1.71 bits per heavy atom. The molecule has 2 aliphatic rings. The lowest BCUT2D eigenvalue weighted by molar-refractivity contribution is -0.143. The average molecular weight is 625 g/mol. The molecule has 1 saturated heterocycles. The molecule has 4 atom stereocenters. The molecule has 3 unspecified atom stereocenters. The van der Waals surface area contributed by atoms with Crippen LogP contribution in [0.5, 0.6) is 0 Å². The van der Waals surface area contributed by atoms with E-state index in [1.807, 2.05) is 20.8 Å². The quantitative estimate of drug-likeness (QED) is 0.149. The van der Waals surface area contributed by atoms with Crippen LogP contribution in [-0.2, 0) is 19.2 Å². The molecule has 1 aliphatic heterocycles. The lowest BCUT2D eigenvalue weighted by Gasteiger charge is -2.36. The Labute approximate surface area is 265 Å². The summed E-state index contributed by atoms with van der Waals surface area (Å²) < 4.78 is 0. The van der Waals surface area contributed by atoms with Gasteiger partial charge in [0.1, 0.15) is 17.8 Å². The van der Waals surface area contributed by atoms with Crippen molar-refractivity contribution in [3.05, 3.63) is 42.7 Å². The van der Waals surface area contributed by atoms with E-state index < -0.39 is 59.1 Å². The van der Waals surface area contributed by atoms with Gasteiger partial charge >= 0.3 is 6.03 Å². The summed E-state index contributed by atoms with van der Waals surface area (Å²) >= 11 is 0. The first-order valence-corrected chi connectivity index (χ1v) is 15.9. The van der Waals surface area contributed by atoms with Crippen LogP contribution in [0.1, 0.15) is 89.5 Å². The number of Topliss-reactive ketones (excluding diaryl/α,β-unsaturated/α-hetero) is 2. The standard InChI is InChI=1S/C33H48N6O6/c1-6-18-35-30(43)27(41)22(7-2)36-29(42)24-17-13-20-39(24)31(44)28(33(3,4)5)38-32(45)37-25(21-14-9-8-10-15-21)26(40)23-16-11-12-19-34-23/h6,11-12,16,19,21-22,24-25,28H,1,7-10,13-15,17-18,20H2,2-5H3,(H,35,43)(H,36,42)(H2,37,38,45)/t22?,24-,25?,28?/m0/s1. The van der Waals surface area contributed by atoms with Crippen molar-refractivity contribution in [1.29, 1.82) is 0 Å². The van der Waals surface area contributed by atoms with E-state index in [1.54, 1.807) is 31.3 Å². The fourth-order valence-corrected chi connectivity index (χ4v) is 6.00. The van der Waals surface area contributed by atoms with Crippen LogP contribution in [0, 0.1) is 11.3 Å². The Kier molecular flexibility index (Phi) is 12.8.